The molecule has 0 aliphatic rings. The molecule has 0 saturated carbocycles. The number of carbonyl (C=O) groups is 2. The molecule has 0 spiro atoms. The molecule has 0 rings (SSSR count). The third-order valence-electron chi connectivity index (χ3n) is 4.54. The van der Waals surface area contributed by atoms with Crippen LogP contribution < -0.4 is 0 Å². The molecule has 0 fully saturated rings. The van der Waals surface area contributed by atoms with Gasteiger partial charge in [-0.15, -0.1) is 0 Å². The van der Waals surface area contributed by atoms with E-state index in [0.717, 1.165) is 19.3 Å². The van der Waals surface area contributed by atoms with Gasteiger partial charge in [0.05, 0.1) is 13.0 Å². The number of carbonyl (C=O) groups excluding carboxylic acids is 2. The van der Waals surface area contributed by atoms with Crippen LogP contribution in [0.25, 0.3) is 0 Å². The Kier molecular flexibility index (Phi) is 16.6. The maximum absolute atomic E-state index is 12.0. The number of hydrogen-bond acceptors (Lipinski definition) is 6. The van der Waals surface area contributed by atoms with Crippen molar-refractivity contribution in [2.45, 2.75) is 96.1 Å². The number of ether oxygens (including phenoxy) is 2. The minimum absolute atomic E-state index is 0.0265. The largest absolute Gasteiger partial charge is 0.465 e. The molecule has 0 bridgehead atoms. The average Bonchev–Trinajstić information content (AvgIpc) is 2.66. The molecule has 1 unspecified atom stereocenters. The van der Waals surface area contributed by atoms with Crippen molar-refractivity contribution in [3.63, 3.8) is 0 Å². The highest BCUT2D eigenvalue weighted by molar-refractivity contribution is 7.87. The molecule has 0 aliphatic heterocycles. The zero-order chi connectivity index (χ0) is 22.0. The summed E-state index contributed by atoms with van der Waals surface area (Å²) in [5.41, 5.74) is 0. The molecule has 1 N–H and O–H groups in total. The highest BCUT2D eigenvalue weighted by Crippen LogP contribution is 2.12. The summed E-state index contributed by atoms with van der Waals surface area (Å²) in [6.45, 7) is 3.98. The third-order valence-corrected chi connectivity index (χ3v) is 5.62. The number of allylic oxidation sites excluding steroid dienone is 1. The standard InChI is InChI=1S/C21H38O7S/c1-3-5-7-8-9-10-11-12-13-14-15-17-28-21(23)19(29(24,25)26)18-20(22)27-16-6-4-2/h4,6,19H,3,5,7-18H2,1-2H3,(H,24,25,26)/b6-4+. The molecule has 29 heavy (non-hydrogen) atoms. The summed E-state index contributed by atoms with van der Waals surface area (Å²) in [5, 5.41) is -1.95. The zero-order valence-corrected chi connectivity index (χ0v) is 18.8. The average molecular weight is 435 g/mol. The van der Waals surface area contributed by atoms with Gasteiger partial charge in [-0.1, -0.05) is 83.3 Å². The van der Waals surface area contributed by atoms with Crippen molar-refractivity contribution in [3.05, 3.63) is 12.2 Å². The molecule has 7 nitrogen and oxygen atoms in total. The van der Waals surface area contributed by atoms with Gasteiger partial charge in [-0.05, 0) is 13.3 Å². The van der Waals surface area contributed by atoms with Crippen LogP contribution in [0.1, 0.15) is 90.9 Å². The van der Waals surface area contributed by atoms with Gasteiger partial charge in [-0.2, -0.15) is 8.42 Å². The number of unbranched alkanes of at least 4 members (excludes halogenated alkanes) is 10. The lowest BCUT2D eigenvalue weighted by atomic mass is 10.1. The molecule has 0 aromatic heterocycles. The second-order valence-electron chi connectivity index (χ2n) is 7.16. The lowest BCUT2D eigenvalue weighted by Gasteiger charge is -2.13. The maximum Gasteiger partial charge on any atom is 0.327 e. The Bertz CT molecular complexity index is 570. The molecule has 0 aromatic carbocycles. The normalized spacial score (nSPS) is 12.8. The van der Waals surface area contributed by atoms with E-state index in [1.807, 2.05) is 0 Å². The lowest BCUT2D eigenvalue weighted by molar-refractivity contribution is -0.149. The molecule has 170 valence electrons. The van der Waals surface area contributed by atoms with Crippen molar-refractivity contribution in [1.29, 1.82) is 0 Å². The highest BCUT2D eigenvalue weighted by atomic mass is 32.2. The fourth-order valence-corrected chi connectivity index (χ4v) is 3.45. The van der Waals surface area contributed by atoms with Crippen molar-refractivity contribution in [2.24, 2.45) is 0 Å². The first-order chi connectivity index (χ1) is 13.8. The van der Waals surface area contributed by atoms with Gasteiger partial charge < -0.3 is 9.47 Å². The molecule has 1 atom stereocenters. The fraction of sp³-hybridized carbons (Fsp3) is 0.810. The van der Waals surface area contributed by atoms with Crippen LogP contribution in [0.5, 0.6) is 0 Å². The monoisotopic (exact) mass is 434 g/mol. The first-order valence-electron chi connectivity index (χ1n) is 10.7. The molecular weight excluding hydrogens is 396 g/mol. The minimum Gasteiger partial charge on any atom is -0.465 e. The Labute approximate surface area is 176 Å². The summed E-state index contributed by atoms with van der Waals surface area (Å²) in [5.74, 6) is -2.01. The predicted octanol–water partition coefficient (Wildman–Crippen LogP) is 4.61. The molecule has 8 heteroatoms. The second kappa shape index (κ2) is 17.4. The first kappa shape index (κ1) is 27.6. The summed E-state index contributed by atoms with van der Waals surface area (Å²) in [6.07, 6.45) is 15.0. The Balaban J connectivity index is 3.96. The Hall–Kier alpha value is -1.41. The van der Waals surface area contributed by atoms with Gasteiger partial charge >= 0.3 is 11.9 Å². The van der Waals surface area contributed by atoms with E-state index in [4.69, 9.17) is 9.47 Å². The van der Waals surface area contributed by atoms with Crippen molar-refractivity contribution in [2.75, 3.05) is 13.2 Å². The predicted molar refractivity (Wildman–Crippen MR) is 113 cm³/mol. The minimum atomic E-state index is -4.75. The molecule has 0 heterocycles. The van der Waals surface area contributed by atoms with Crippen LogP contribution in [0.15, 0.2) is 12.2 Å². The van der Waals surface area contributed by atoms with Gasteiger partial charge in [0.1, 0.15) is 6.61 Å². The van der Waals surface area contributed by atoms with E-state index >= 15 is 0 Å². The van der Waals surface area contributed by atoms with Crippen LogP contribution >= 0.6 is 0 Å². The summed E-state index contributed by atoms with van der Waals surface area (Å²) in [4.78, 5) is 23.6. The van der Waals surface area contributed by atoms with E-state index in [1.54, 1.807) is 19.1 Å². The Morgan fingerprint density at radius 1 is 0.897 bits per heavy atom. The van der Waals surface area contributed by atoms with Crippen LogP contribution in [0.3, 0.4) is 0 Å². The van der Waals surface area contributed by atoms with Crippen molar-refractivity contribution >= 4 is 22.1 Å². The summed E-state index contributed by atoms with van der Waals surface area (Å²) < 4.78 is 41.7. The van der Waals surface area contributed by atoms with Gasteiger partial charge in [-0.25, -0.2) is 0 Å². The van der Waals surface area contributed by atoms with Gasteiger partial charge in [0, 0.05) is 0 Å². The lowest BCUT2D eigenvalue weighted by Crippen LogP contribution is -2.34. The number of esters is 2. The van der Waals surface area contributed by atoms with Crippen LogP contribution in [-0.4, -0.2) is 43.4 Å². The fourth-order valence-electron chi connectivity index (χ4n) is 2.79. The maximum atomic E-state index is 12.0. The molecule has 0 amide bonds. The van der Waals surface area contributed by atoms with Crippen LogP contribution in [0.2, 0.25) is 0 Å². The first-order valence-corrected chi connectivity index (χ1v) is 12.2. The Morgan fingerprint density at radius 2 is 1.41 bits per heavy atom. The summed E-state index contributed by atoms with van der Waals surface area (Å²) in [6, 6.07) is 0. The van der Waals surface area contributed by atoms with Crippen LogP contribution in [0.4, 0.5) is 0 Å². The van der Waals surface area contributed by atoms with Crippen molar-refractivity contribution < 1.29 is 32.0 Å². The molecule has 0 saturated heterocycles. The zero-order valence-electron chi connectivity index (χ0n) is 17.9. The van der Waals surface area contributed by atoms with E-state index in [1.165, 1.54) is 44.9 Å². The smallest absolute Gasteiger partial charge is 0.327 e. The van der Waals surface area contributed by atoms with Gasteiger partial charge in [0.15, 0.2) is 5.25 Å². The molecule has 0 radical (unpaired) electrons. The van der Waals surface area contributed by atoms with Crippen LogP contribution in [-0.2, 0) is 29.2 Å². The van der Waals surface area contributed by atoms with E-state index < -0.39 is 33.7 Å². The van der Waals surface area contributed by atoms with Gasteiger partial charge in [0.2, 0.25) is 0 Å². The van der Waals surface area contributed by atoms with E-state index in [9.17, 15) is 22.6 Å². The van der Waals surface area contributed by atoms with Crippen LogP contribution in [0, 0.1) is 0 Å². The molecule has 0 aromatic rings. The quantitative estimate of drug-likeness (QED) is 0.145. The third kappa shape index (κ3) is 16.1. The Morgan fingerprint density at radius 3 is 1.90 bits per heavy atom. The van der Waals surface area contributed by atoms with E-state index in [2.05, 4.69) is 6.92 Å². The van der Waals surface area contributed by atoms with E-state index in [-0.39, 0.29) is 13.2 Å². The van der Waals surface area contributed by atoms with Crippen molar-refractivity contribution in [1.82, 2.24) is 0 Å². The number of rotatable bonds is 18. The SMILES string of the molecule is C/C=C/COC(=O)CC(C(=O)OCCCCCCCCCCCCC)S(=O)(=O)O. The highest BCUT2D eigenvalue weighted by Gasteiger charge is 2.35. The molecule has 0 aliphatic carbocycles. The topological polar surface area (TPSA) is 107 Å². The summed E-state index contributed by atoms with van der Waals surface area (Å²) >= 11 is 0. The van der Waals surface area contributed by atoms with Crippen molar-refractivity contribution in [3.8, 4) is 0 Å². The second-order valence-corrected chi connectivity index (χ2v) is 8.76. The van der Waals surface area contributed by atoms with E-state index in [0.29, 0.717) is 6.42 Å². The molecular formula is C21H38O7S. The van der Waals surface area contributed by atoms with Gasteiger partial charge in [-0.3, -0.25) is 14.1 Å². The summed E-state index contributed by atoms with van der Waals surface area (Å²) in [7, 11) is -4.75. The number of hydrogen-bond donors (Lipinski definition) is 1. The van der Waals surface area contributed by atoms with Gasteiger partial charge in [0.25, 0.3) is 10.1 Å².